The van der Waals surface area contributed by atoms with Crippen LogP contribution in [0.3, 0.4) is 0 Å². The van der Waals surface area contributed by atoms with E-state index in [0.29, 0.717) is 36.2 Å². The minimum absolute atomic E-state index is 0.106. The van der Waals surface area contributed by atoms with Crippen molar-refractivity contribution >= 4 is 17.5 Å². The number of nitrogens with one attached hydrogen (secondary N) is 2. The molecule has 9 heteroatoms. The molecule has 0 saturated carbocycles. The highest BCUT2D eigenvalue weighted by molar-refractivity contribution is 6.02. The van der Waals surface area contributed by atoms with Crippen molar-refractivity contribution in [3.63, 3.8) is 0 Å². The Hall–Kier alpha value is -3.75. The molecule has 2 aromatic heterocycles. The van der Waals surface area contributed by atoms with Crippen LogP contribution in [0.2, 0.25) is 0 Å². The number of hydrogen-bond acceptors (Lipinski definition) is 6. The molecule has 0 aliphatic carbocycles. The molecule has 0 unspecified atom stereocenters. The van der Waals surface area contributed by atoms with Gasteiger partial charge in [-0.3, -0.25) is 14.3 Å². The molecule has 1 aromatic carbocycles. The molecular formula is C22H26N4O5. The van der Waals surface area contributed by atoms with E-state index >= 15 is 0 Å². The fourth-order valence-electron chi connectivity index (χ4n) is 3.05. The number of aromatic nitrogens is 2. The summed E-state index contributed by atoms with van der Waals surface area (Å²) in [6.07, 6.45) is 3.09. The number of anilines is 1. The van der Waals surface area contributed by atoms with E-state index in [0.717, 1.165) is 5.56 Å². The van der Waals surface area contributed by atoms with Gasteiger partial charge in [-0.15, -0.1) is 0 Å². The van der Waals surface area contributed by atoms with Gasteiger partial charge in [0.15, 0.2) is 11.5 Å². The Morgan fingerprint density at radius 2 is 1.90 bits per heavy atom. The normalized spacial score (nSPS) is 10.5. The zero-order valence-corrected chi connectivity index (χ0v) is 17.8. The largest absolute Gasteiger partial charge is 0.490 e. The maximum atomic E-state index is 12.6. The minimum atomic E-state index is -0.369. The standard InChI is InChI=1S/C22H26N4O5/c1-4-29-18-9-8-15(11-19(18)30-5-2)12-20(27)25-17-14-24-26(3)21(17)22(28)23-13-16-7-6-10-31-16/h6-11,14H,4-5,12-13H2,1-3H3,(H,23,28)(H,25,27). The number of carbonyl (C=O) groups excluding carboxylic acids is 2. The van der Waals surface area contributed by atoms with Crippen LogP contribution in [-0.2, 0) is 24.8 Å². The number of aryl methyl sites for hydroxylation is 1. The minimum Gasteiger partial charge on any atom is -0.490 e. The van der Waals surface area contributed by atoms with Crippen LogP contribution in [0.4, 0.5) is 5.69 Å². The quantitative estimate of drug-likeness (QED) is 0.516. The second-order valence-corrected chi connectivity index (χ2v) is 6.66. The summed E-state index contributed by atoms with van der Waals surface area (Å²) in [7, 11) is 1.64. The number of rotatable bonds is 10. The summed E-state index contributed by atoms with van der Waals surface area (Å²) in [6, 6.07) is 8.89. The molecule has 2 heterocycles. The summed E-state index contributed by atoms with van der Waals surface area (Å²) in [5.41, 5.74) is 1.35. The third-order valence-electron chi connectivity index (χ3n) is 4.40. The maximum Gasteiger partial charge on any atom is 0.272 e. The summed E-state index contributed by atoms with van der Waals surface area (Å²) >= 11 is 0. The average molecular weight is 426 g/mol. The van der Waals surface area contributed by atoms with Crippen molar-refractivity contribution in [2.45, 2.75) is 26.8 Å². The lowest BCUT2D eigenvalue weighted by molar-refractivity contribution is -0.115. The maximum absolute atomic E-state index is 12.6. The fraction of sp³-hybridized carbons (Fsp3) is 0.318. The van der Waals surface area contributed by atoms with Crippen LogP contribution in [0.1, 0.15) is 35.7 Å². The summed E-state index contributed by atoms with van der Waals surface area (Å²) < 4.78 is 17.8. The van der Waals surface area contributed by atoms with Gasteiger partial charge in [-0.05, 0) is 43.7 Å². The van der Waals surface area contributed by atoms with Gasteiger partial charge < -0.3 is 24.5 Å². The smallest absolute Gasteiger partial charge is 0.272 e. The second kappa shape index (κ2) is 10.3. The summed E-state index contributed by atoms with van der Waals surface area (Å²) in [5.74, 6) is 1.21. The Morgan fingerprint density at radius 3 is 2.61 bits per heavy atom. The molecule has 0 aliphatic heterocycles. The van der Waals surface area contributed by atoms with E-state index in [2.05, 4.69) is 15.7 Å². The van der Waals surface area contributed by atoms with Gasteiger partial charge >= 0.3 is 0 Å². The number of carbonyl (C=O) groups is 2. The third kappa shape index (κ3) is 5.65. The molecule has 31 heavy (non-hydrogen) atoms. The molecule has 0 saturated heterocycles. The molecule has 0 radical (unpaired) electrons. The molecule has 9 nitrogen and oxygen atoms in total. The van der Waals surface area contributed by atoms with Crippen molar-refractivity contribution in [2.75, 3.05) is 18.5 Å². The number of amides is 2. The second-order valence-electron chi connectivity index (χ2n) is 6.66. The molecule has 164 valence electrons. The van der Waals surface area contributed by atoms with E-state index in [1.165, 1.54) is 17.1 Å². The highest BCUT2D eigenvalue weighted by Crippen LogP contribution is 2.29. The lowest BCUT2D eigenvalue weighted by Crippen LogP contribution is -2.27. The Kier molecular flexibility index (Phi) is 7.31. The topological polar surface area (TPSA) is 108 Å². The lowest BCUT2D eigenvalue weighted by atomic mass is 10.1. The molecular weight excluding hydrogens is 400 g/mol. The van der Waals surface area contributed by atoms with Crippen molar-refractivity contribution in [1.82, 2.24) is 15.1 Å². The van der Waals surface area contributed by atoms with Gasteiger partial charge in [0.1, 0.15) is 11.5 Å². The molecule has 0 spiro atoms. The van der Waals surface area contributed by atoms with Crippen molar-refractivity contribution in [3.8, 4) is 11.5 Å². The SMILES string of the molecule is CCOc1ccc(CC(=O)Nc2cnn(C)c2C(=O)NCc2ccco2)cc1OCC. The number of furan rings is 1. The van der Waals surface area contributed by atoms with Gasteiger partial charge in [-0.1, -0.05) is 6.07 Å². The van der Waals surface area contributed by atoms with Crippen LogP contribution < -0.4 is 20.1 Å². The first-order chi connectivity index (χ1) is 15.0. The van der Waals surface area contributed by atoms with Crippen molar-refractivity contribution in [3.05, 3.63) is 59.8 Å². The van der Waals surface area contributed by atoms with Crippen molar-refractivity contribution < 1.29 is 23.5 Å². The highest BCUT2D eigenvalue weighted by atomic mass is 16.5. The van der Waals surface area contributed by atoms with Crippen LogP contribution in [0.15, 0.2) is 47.2 Å². The van der Waals surface area contributed by atoms with Gasteiger partial charge in [0, 0.05) is 7.05 Å². The Balaban J connectivity index is 1.67. The zero-order chi connectivity index (χ0) is 22.2. The number of nitrogens with zero attached hydrogens (tertiary/aromatic N) is 2. The highest BCUT2D eigenvalue weighted by Gasteiger charge is 2.19. The molecule has 3 aromatic rings. The van der Waals surface area contributed by atoms with E-state index in [1.807, 2.05) is 19.9 Å². The van der Waals surface area contributed by atoms with Gasteiger partial charge in [-0.2, -0.15) is 5.10 Å². The molecule has 0 bridgehead atoms. The van der Waals surface area contributed by atoms with Crippen molar-refractivity contribution in [2.24, 2.45) is 7.05 Å². The van der Waals surface area contributed by atoms with Gasteiger partial charge in [-0.25, -0.2) is 0 Å². The van der Waals surface area contributed by atoms with Crippen LogP contribution in [-0.4, -0.2) is 34.8 Å². The first-order valence-electron chi connectivity index (χ1n) is 10.0. The molecule has 0 fully saturated rings. The molecule has 2 amide bonds. The van der Waals surface area contributed by atoms with E-state index in [1.54, 1.807) is 31.3 Å². The molecule has 0 aliphatic rings. The average Bonchev–Trinajstić information content (AvgIpc) is 3.38. The van der Waals surface area contributed by atoms with E-state index < -0.39 is 0 Å². The lowest BCUT2D eigenvalue weighted by Gasteiger charge is -2.12. The Morgan fingerprint density at radius 1 is 1.13 bits per heavy atom. The van der Waals surface area contributed by atoms with Crippen LogP contribution in [0, 0.1) is 0 Å². The van der Waals surface area contributed by atoms with E-state index in [9.17, 15) is 9.59 Å². The zero-order valence-electron chi connectivity index (χ0n) is 17.8. The van der Waals surface area contributed by atoms with E-state index in [-0.39, 0.29) is 30.5 Å². The van der Waals surface area contributed by atoms with Crippen LogP contribution >= 0.6 is 0 Å². The first-order valence-corrected chi connectivity index (χ1v) is 10.0. The predicted molar refractivity (Wildman–Crippen MR) is 114 cm³/mol. The summed E-state index contributed by atoms with van der Waals surface area (Å²) in [6.45, 7) is 5.02. The number of benzene rings is 1. The summed E-state index contributed by atoms with van der Waals surface area (Å²) in [5, 5.41) is 9.62. The molecule has 3 rings (SSSR count). The van der Waals surface area contributed by atoms with Gasteiger partial charge in [0.25, 0.3) is 5.91 Å². The van der Waals surface area contributed by atoms with Gasteiger partial charge in [0.05, 0.1) is 44.3 Å². The Bertz CT molecular complexity index is 1030. The van der Waals surface area contributed by atoms with Crippen LogP contribution in [0.25, 0.3) is 0 Å². The fourth-order valence-corrected chi connectivity index (χ4v) is 3.05. The van der Waals surface area contributed by atoms with Gasteiger partial charge in [0.2, 0.25) is 5.91 Å². The first kappa shape index (κ1) is 21.9. The van der Waals surface area contributed by atoms with Crippen molar-refractivity contribution in [1.29, 1.82) is 0 Å². The Labute approximate surface area is 180 Å². The molecule has 2 N–H and O–H groups in total. The van der Waals surface area contributed by atoms with Crippen LogP contribution in [0.5, 0.6) is 11.5 Å². The monoisotopic (exact) mass is 426 g/mol. The predicted octanol–water partition coefficient (Wildman–Crippen LogP) is 2.92. The number of ether oxygens (including phenoxy) is 2. The third-order valence-corrected chi connectivity index (χ3v) is 4.40. The van der Waals surface area contributed by atoms with E-state index in [4.69, 9.17) is 13.9 Å². The summed E-state index contributed by atoms with van der Waals surface area (Å²) in [4.78, 5) is 25.2. The molecule has 0 atom stereocenters. The number of hydrogen-bond donors (Lipinski definition) is 2.